The molecule has 0 atom stereocenters. The number of ether oxygens (including phenoxy) is 1. The first-order valence-electron chi connectivity index (χ1n) is 12.3. The number of pyridine rings is 1. The van der Waals surface area contributed by atoms with E-state index in [1.54, 1.807) is 87.8 Å². The molecule has 0 fully saturated rings. The van der Waals surface area contributed by atoms with Gasteiger partial charge in [-0.2, -0.15) is 0 Å². The maximum absolute atomic E-state index is 12.9. The fourth-order valence-electron chi connectivity index (χ4n) is 3.70. The lowest BCUT2D eigenvalue weighted by atomic mass is 10.1. The zero-order valence-electron chi connectivity index (χ0n) is 21.8. The van der Waals surface area contributed by atoms with Gasteiger partial charge >= 0.3 is 6.09 Å². The van der Waals surface area contributed by atoms with Gasteiger partial charge in [0.05, 0.1) is 11.4 Å². The molecule has 0 unspecified atom stereocenters. The topological polar surface area (TPSA) is 139 Å². The lowest BCUT2D eigenvalue weighted by Crippen LogP contribution is -2.37. The number of para-hydroxylation sites is 2. The highest BCUT2D eigenvalue weighted by molar-refractivity contribution is 6.06. The molecule has 0 bridgehead atoms. The third-order valence-corrected chi connectivity index (χ3v) is 5.60. The SMILES string of the molecule is CC(C)(C)OC(=O)Nc1ccccc1NC(=O)c1ccc(CNc2c(NCc3cccnc3)c(=O)c2=O)cc1. The number of anilines is 4. The van der Waals surface area contributed by atoms with Crippen LogP contribution in [-0.4, -0.2) is 22.6 Å². The average Bonchev–Trinajstić information content (AvgIpc) is 2.91. The van der Waals surface area contributed by atoms with Crippen molar-refractivity contribution in [1.82, 2.24) is 4.98 Å². The second-order valence-corrected chi connectivity index (χ2v) is 9.80. The highest BCUT2D eigenvalue weighted by Gasteiger charge is 2.21. The van der Waals surface area contributed by atoms with Gasteiger partial charge in [0.15, 0.2) is 0 Å². The van der Waals surface area contributed by atoms with E-state index in [2.05, 4.69) is 26.3 Å². The predicted molar refractivity (Wildman–Crippen MR) is 151 cm³/mol. The lowest BCUT2D eigenvalue weighted by Gasteiger charge is -2.20. The quantitative estimate of drug-likeness (QED) is 0.233. The van der Waals surface area contributed by atoms with Crippen molar-refractivity contribution in [1.29, 1.82) is 0 Å². The van der Waals surface area contributed by atoms with E-state index in [9.17, 15) is 19.2 Å². The summed E-state index contributed by atoms with van der Waals surface area (Å²) >= 11 is 0. The van der Waals surface area contributed by atoms with E-state index in [0.29, 0.717) is 23.5 Å². The first-order valence-corrected chi connectivity index (χ1v) is 12.3. The molecule has 4 aromatic rings. The first kappa shape index (κ1) is 27.1. The van der Waals surface area contributed by atoms with Gasteiger partial charge in [0.1, 0.15) is 17.0 Å². The van der Waals surface area contributed by atoms with Gasteiger partial charge in [-0.25, -0.2) is 4.79 Å². The molecule has 0 aliphatic carbocycles. The van der Waals surface area contributed by atoms with Gasteiger partial charge in [-0.1, -0.05) is 30.3 Å². The standard InChI is InChI=1S/C29H29N5O5/c1-29(2,3)39-28(38)34-22-9-5-4-8-21(22)33-27(37)20-12-10-18(11-13-20)16-31-23-24(26(36)25(23)35)32-17-19-7-6-14-30-15-19/h4-15,31-32H,16-17H2,1-3H3,(H,33,37)(H,34,38). The number of nitrogens with one attached hydrogen (secondary N) is 4. The summed E-state index contributed by atoms with van der Waals surface area (Å²) in [5.41, 5.74) is 1.62. The van der Waals surface area contributed by atoms with Crippen molar-refractivity contribution in [2.75, 3.05) is 21.3 Å². The Labute approximate surface area is 225 Å². The molecule has 10 heteroatoms. The average molecular weight is 528 g/mol. The van der Waals surface area contributed by atoms with Crippen molar-refractivity contribution in [3.63, 3.8) is 0 Å². The number of nitrogens with zero attached hydrogens (tertiary/aromatic N) is 1. The van der Waals surface area contributed by atoms with Gasteiger partial charge in [-0.05, 0) is 62.2 Å². The van der Waals surface area contributed by atoms with E-state index in [1.807, 2.05) is 6.07 Å². The van der Waals surface area contributed by atoms with Gasteiger partial charge < -0.3 is 20.7 Å². The Morgan fingerprint density at radius 3 is 1.92 bits per heavy atom. The molecule has 0 spiro atoms. The number of carbonyl (C=O) groups excluding carboxylic acids is 2. The van der Waals surface area contributed by atoms with Crippen LogP contribution in [0.25, 0.3) is 0 Å². The Balaban J connectivity index is 1.35. The highest BCUT2D eigenvalue weighted by Crippen LogP contribution is 2.23. The molecule has 4 rings (SSSR count). The number of amides is 2. The normalized spacial score (nSPS) is 11.1. The number of benzene rings is 2. The second-order valence-electron chi connectivity index (χ2n) is 9.80. The van der Waals surface area contributed by atoms with Gasteiger partial charge in [0, 0.05) is 31.0 Å². The van der Waals surface area contributed by atoms with Crippen LogP contribution in [0.4, 0.5) is 27.5 Å². The van der Waals surface area contributed by atoms with Crippen molar-refractivity contribution < 1.29 is 14.3 Å². The van der Waals surface area contributed by atoms with Crippen molar-refractivity contribution >= 4 is 34.7 Å². The van der Waals surface area contributed by atoms with E-state index in [0.717, 1.165) is 11.1 Å². The van der Waals surface area contributed by atoms with Gasteiger partial charge in [-0.15, -0.1) is 0 Å². The summed E-state index contributed by atoms with van der Waals surface area (Å²) in [6.45, 7) is 5.95. The lowest BCUT2D eigenvalue weighted by molar-refractivity contribution is 0.0635. The molecule has 1 aromatic heterocycles. The Kier molecular flexibility index (Phi) is 8.04. The summed E-state index contributed by atoms with van der Waals surface area (Å²) in [5, 5.41) is 11.5. The summed E-state index contributed by atoms with van der Waals surface area (Å²) in [7, 11) is 0. The van der Waals surface area contributed by atoms with Crippen LogP contribution < -0.4 is 32.1 Å². The molecule has 4 N–H and O–H groups in total. The molecule has 10 nitrogen and oxygen atoms in total. The molecule has 0 aliphatic heterocycles. The number of rotatable bonds is 9. The fourth-order valence-corrected chi connectivity index (χ4v) is 3.70. The molecule has 0 aliphatic rings. The Hall–Kier alpha value is -4.99. The minimum Gasteiger partial charge on any atom is -0.444 e. The minimum atomic E-state index is -0.658. The molecule has 39 heavy (non-hydrogen) atoms. The van der Waals surface area contributed by atoms with E-state index in [1.165, 1.54) is 0 Å². The van der Waals surface area contributed by atoms with Crippen LogP contribution in [0.15, 0.2) is 82.6 Å². The van der Waals surface area contributed by atoms with E-state index >= 15 is 0 Å². The monoisotopic (exact) mass is 527 g/mol. The zero-order chi connectivity index (χ0) is 28.0. The maximum atomic E-state index is 12.9. The summed E-state index contributed by atoms with van der Waals surface area (Å²) in [6, 6.07) is 17.3. The second kappa shape index (κ2) is 11.6. The molecule has 1 heterocycles. The number of carbonyl (C=O) groups is 2. The molecule has 3 aromatic carbocycles. The van der Waals surface area contributed by atoms with Crippen LogP contribution in [-0.2, 0) is 17.8 Å². The van der Waals surface area contributed by atoms with E-state index < -0.39 is 22.6 Å². The molecule has 0 saturated carbocycles. The minimum absolute atomic E-state index is 0.236. The van der Waals surface area contributed by atoms with Gasteiger partial charge in [0.25, 0.3) is 16.8 Å². The number of aromatic nitrogens is 1. The fraction of sp³-hybridized carbons (Fsp3) is 0.207. The van der Waals surface area contributed by atoms with E-state index in [4.69, 9.17) is 4.74 Å². The van der Waals surface area contributed by atoms with Gasteiger partial charge in [0.2, 0.25) is 0 Å². The molecule has 2 amide bonds. The summed E-state index contributed by atoms with van der Waals surface area (Å²) < 4.78 is 5.29. The summed E-state index contributed by atoms with van der Waals surface area (Å²) in [5.74, 6) is -0.364. The Morgan fingerprint density at radius 2 is 1.36 bits per heavy atom. The molecular formula is C29H29N5O5. The predicted octanol–water partition coefficient (Wildman–Crippen LogP) is 4.50. The number of hydrogen-bond acceptors (Lipinski definition) is 8. The van der Waals surface area contributed by atoms with Crippen molar-refractivity contribution in [3.05, 3.63) is 110 Å². The van der Waals surface area contributed by atoms with Crippen molar-refractivity contribution in [2.24, 2.45) is 0 Å². The van der Waals surface area contributed by atoms with Crippen molar-refractivity contribution in [2.45, 2.75) is 39.5 Å². The van der Waals surface area contributed by atoms with Crippen LogP contribution in [0.2, 0.25) is 0 Å². The van der Waals surface area contributed by atoms with Crippen LogP contribution in [0.3, 0.4) is 0 Å². The van der Waals surface area contributed by atoms with Crippen LogP contribution in [0.1, 0.15) is 42.3 Å². The smallest absolute Gasteiger partial charge is 0.412 e. The van der Waals surface area contributed by atoms with Crippen molar-refractivity contribution in [3.8, 4) is 0 Å². The number of hydrogen-bond donors (Lipinski definition) is 4. The van der Waals surface area contributed by atoms with Crippen LogP contribution in [0.5, 0.6) is 0 Å². The zero-order valence-corrected chi connectivity index (χ0v) is 21.8. The highest BCUT2D eigenvalue weighted by atomic mass is 16.6. The third-order valence-electron chi connectivity index (χ3n) is 5.60. The largest absolute Gasteiger partial charge is 0.444 e. The molecule has 200 valence electrons. The Bertz CT molecular complexity index is 1540. The van der Waals surface area contributed by atoms with Gasteiger partial charge in [-0.3, -0.25) is 24.7 Å². The molecular weight excluding hydrogens is 498 g/mol. The van der Waals surface area contributed by atoms with Crippen LogP contribution >= 0.6 is 0 Å². The van der Waals surface area contributed by atoms with Crippen LogP contribution in [0, 0.1) is 0 Å². The molecule has 0 radical (unpaired) electrons. The first-order chi connectivity index (χ1) is 18.6. The maximum Gasteiger partial charge on any atom is 0.412 e. The van der Waals surface area contributed by atoms with E-state index in [-0.39, 0.29) is 23.8 Å². The summed E-state index contributed by atoms with van der Waals surface area (Å²) in [6.07, 6.45) is 2.71. The molecule has 0 saturated heterocycles. The Morgan fingerprint density at radius 1 is 0.769 bits per heavy atom. The third kappa shape index (κ3) is 7.07. The summed E-state index contributed by atoms with van der Waals surface area (Å²) in [4.78, 5) is 53.1.